The van der Waals surface area contributed by atoms with Crippen LogP contribution in [0.2, 0.25) is 0 Å². The topological polar surface area (TPSA) is 52.8 Å². The first-order chi connectivity index (χ1) is 13.8. The van der Waals surface area contributed by atoms with Gasteiger partial charge in [0.25, 0.3) is 0 Å². The summed E-state index contributed by atoms with van der Waals surface area (Å²) in [5.41, 5.74) is 2.83. The number of carbonyl (C=O) groups is 1. The molecule has 1 aromatic carbocycles. The van der Waals surface area contributed by atoms with E-state index in [1.807, 2.05) is 43.0 Å². The average Bonchev–Trinajstić information content (AvgIpc) is 3.01. The summed E-state index contributed by atoms with van der Waals surface area (Å²) < 4.78 is 5.89. The molecule has 2 unspecified atom stereocenters. The summed E-state index contributed by atoms with van der Waals surface area (Å²) in [5.74, 6) is 1.45. The molecule has 1 aliphatic rings. The Morgan fingerprint density at radius 2 is 1.83 bits per heavy atom. The maximum atomic E-state index is 13.0. The number of rotatable bonds is 6. The van der Waals surface area contributed by atoms with Gasteiger partial charge in [-0.2, -0.15) is 0 Å². The van der Waals surface area contributed by atoms with Crippen molar-refractivity contribution in [2.24, 2.45) is 0 Å². The van der Waals surface area contributed by atoms with Crippen molar-refractivity contribution in [2.75, 3.05) is 40.3 Å². The van der Waals surface area contributed by atoms with Gasteiger partial charge in [-0.25, -0.2) is 4.98 Å². The minimum Gasteiger partial charge on any atom is -0.441 e. The number of hydrogen-bond acceptors (Lipinski definition) is 5. The first-order valence-corrected chi connectivity index (χ1v) is 10.5. The molecule has 0 saturated carbocycles. The largest absolute Gasteiger partial charge is 0.441 e. The lowest BCUT2D eigenvalue weighted by Crippen LogP contribution is -2.59. The zero-order chi connectivity index (χ0) is 21.1. The van der Waals surface area contributed by atoms with Crippen molar-refractivity contribution < 1.29 is 9.21 Å². The van der Waals surface area contributed by atoms with E-state index in [-0.39, 0.29) is 5.91 Å². The second-order valence-corrected chi connectivity index (χ2v) is 8.55. The highest BCUT2D eigenvalue weighted by Gasteiger charge is 2.32. The molecule has 0 N–H and O–H groups in total. The molecule has 0 aliphatic carbocycles. The summed E-state index contributed by atoms with van der Waals surface area (Å²) in [6, 6.07) is 8.72. The van der Waals surface area contributed by atoms with E-state index in [4.69, 9.17) is 4.42 Å². The van der Waals surface area contributed by atoms with Crippen LogP contribution in [0.3, 0.4) is 0 Å². The molecule has 2 atom stereocenters. The molecular weight excluding hydrogens is 364 g/mol. The highest BCUT2D eigenvalue weighted by atomic mass is 16.4. The maximum absolute atomic E-state index is 13.0. The summed E-state index contributed by atoms with van der Waals surface area (Å²) in [5, 5.41) is 0. The number of piperazine rings is 1. The van der Waals surface area contributed by atoms with Gasteiger partial charge in [0.05, 0.1) is 12.1 Å². The molecule has 0 radical (unpaired) electrons. The van der Waals surface area contributed by atoms with Crippen LogP contribution < -0.4 is 0 Å². The Morgan fingerprint density at radius 3 is 2.45 bits per heavy atom. The summed E-state index contributed by atoms with van der Waals surface area (Å²) in [6.45, 7) is 11.9. The van der Waals surface area contributed by atoms with Crippen molar-refractivity contribution >= 4 is 5.91 Å². The van der Waals surface area contributed by atoms with Gasteiger partial charge in [-0.15, -0.1) is 0 Å². The average molecular weight is 399 g/mol. The molecule has 6 nitrogen and oxygen atoms in total. The van der Waals surface area contributed by atoms with Crippen LogP contribution in [0.4, 0.5) is 0 Å². The van der Waals surface area contributed by atoms with E-state index in [2.05, 4.69) is 42.7 Å². The highest BCUT2D eigenvalue weighted by molar-refractivity contribution is 5.79. The molecule has 29 heavy (non-hydrogen) atoms. The third-order valence-electron chi connectivity index (χ3n) is 5.85. The molecule has 2 aromatic rings. The Bertz CT molecular complexity index is 833. The second-order valence-electron chi connectivity index (χ2n) is 8.55. The van der Waals surface area contributed by atoms with E-state index in [9.17, 15) is 4.79 Å². The van der Waals surface area contributed by atoms with Crippen LogP contribution in [0, 0.1) is 13.8 Å². The fourth-order valence-electron chi connectivity index (χ4n) is 4.09. The Hall–Kier alpha value is -2.18. The van der Waals surface area contributed by atoms with Crippen LogP contribution in [-0.2, 0) is 11.2 Å². The smallest absolute Gasteiger partial charge is 0.228 e. The quantitative estimate of drug-likeness (QED) is 0.749. The van der Waals surface area contributed by atoms with Crippen molar-refractivity contribution in [1.29, 1.82) is 0 Å². The second kappa shape index (κ2) is 9.09. The maximum Gasteiger partial charge on any atom is 0.228 e. The van der Waals surface area contributed by atoms with Gasteiger partial charge in [-0.05, 0) is 53.4 Å². The lowest BCUT2D eigenvalue weighted by Gasteiger charge is -2.44. The van der Waals surface area contributed by atoms with Gasteiger partial charge in [-0.1, -0.05) is 18.2 Å². The van der Waals surface area contributed by atoms with Gasteiger partial charge in [0.1, 0.15) is 5.76 Å². The molecule has 158 valence electrons. The molecular formula is C23H34N4O2. The summed E-state index contributed by atoms with van der Waals surface area (Å²) >= 11 is 0. The Morgan fingerprint density at radius 1 is 1.17 bits per heavy atom. The fraction of sp³-hybridized carbons (Fsp3) is 0.565. The van der Waals surface area contributed by atoms with Crippen LogP contribution in [0.1, 0.15) is 30.9 Å². The van der Waals surface area contributed by atoms with Gasteiger partial charge >= 0.3 is 0 Å². The highest BCUT2D eigenvalue weighted by Crippen LogP contribution is 2.25. The van der Waals surface area contributed by atoms with E-state index in [0.717, 1.165) is 48.8 Å². The van der Waals surface area contributed by atoms with Crippen molar-refractivity contribution in [3.8, 4) is 11.5 Å². The molecule has 1 fully saturated rings. The van der Waals surface area contributed by atoms with Gasteiger partial charge in [0, 0.05) is 43.8 Å². The zero-order valence-electron chi connectivity index (χ0n) is 18.6. The van der Waals surface area contributed by atoms with E-state index in [1.54, 1.807) is 0 Å². The van der Waals surface area contributed by atoms with E-state index < -0.39 is 0 Å². The van der Waals surface area contributed by atoms with Gasteiger partial charge in [-0.3, -0.25) is 9.69 Å². The van der Waals surface area contributed by atoms with Gasteiger partial charge < -0.3 is 14.2 Å². The molecule has 1 saturated heterocycles. The number of aryl methyl sites for hydroxylation is 2. The first-order valence-electron chi connectivity index (χ1n) is 10.5. The molecule has 2 heterocycles. The summed E-state index contributed by atoms with van der Waals surface area (Å²) in [4.78, 5) is 24.4. The minimum atomic E-state index is 0.128. The number of carbonyl (C=O) groups excluding carboxylic acids is 1. The van der Waals surface area contributed by atoms with E-state index in [1.165, 1.54) is 0 Å². The van der Waals surface area contributed by atoms with Crippen molar-refractivity contribution in [1.82, 2.24) is 19.7 Å². The summed E-state index contributed by atoms with van der Waals surface area (Å²) in [7, 11) is 4.20. The van der Waals surface area contributed by atoms with Gasteiger partial charge in [0.15, 0.2) is 0 Å². The number of oxazole rings is 1. The third-order valence-corrected chi connectivity index (χ3v) is 5.85. The van der Waals surface area contributed by atoms with Crippen LogP contribution >= 0.6 is 0 Å². The molecule has 1 aromatic heterocycles. The first kappa shape index (κ1) is 21.5. The minimum absolute atomic E-state index is 0.128. The zero-order valence-corrected chi connectivity index (χ0v) is 18.6. The number of nitrogens with zero attached hydrogens (tertiary/aromatic N) is 4. The molecule has 3 rings (SSSR count). The fourth-order valence-corrected chi connectivity index (χ4v) is 4.09. The predicted molar refractivity (Wildman–Crippen MR) is 116 cm³/mol. The Kier molecular flexibility index (Phi) is 6.75. The van der Waals surface area contributed by atoms with Crippen molar-refractivity contribution in [2.45, 2.75) is 46.2 Å². The summed E-state index contributed by atoms with van der Waals surface area (Å²) in [6.07, 6.45) is 0.290. The van der Waals surface area contributed by atoms with Crippen LogP contribution in [-0.4, -0.2) is 77.9 Å². The Balaban J connectivity index is 1.66. The predicted octanol–water partition coefficient (Wildman–Crippen LogP) is 2.98. The normalized spacial score (nSPS) is 20.4. The third kappa shape index (κ3) is 5.06. The number of aromatic nitrogens is 1. The van der Waals surface area contributed by atoms with E-state index in [0.29, 0.717) is 24.4 Å². The standard InChI is InChI=1S/C23H34N4O2/c1-16-9-7-8-10-20(16)23-24-21(19(4)29-23)13-22(28)26-14-17(2)27(18(3)15-26)12-11-25(5)6/h7-10,17-18H,11-15H2,1-6H3. The number of amides is 1. The van der Waals surface area contributed by atoms with Crippen molar-refractivity contribution in [3.05, 3.63) is 41.3 Å². The van der Waals surface area contributed by atoms with Crippen LogP contribution in [0.25, 0.3) is 11.5 Å². The van der Waals surface area contributed by atoms with Gasteiger partial charge in [0.2, 0.25) is 11.8 Å². The van der Waals surface area contributed by atoms with Crippen LogP contribution in [0.15, 0.2) is 28.7 Å². The lowest BCUT2D eigenvalue weighted by molar-refractivity contribution is -0.135. The van der Waals surface area contributed by atoms with Crippen molar-refractivity contribution in [3.63, 3.8) is 0 Å². The molecule has 6 heteroatoms. The molecule has 1 aliphatic heterocycles. The number of benzene rings is 1. The van der Waals surface area contributed by atoms with Crippen LogP contribution in [0.5, 0.6) is 0 Å². The Labute approximate surface area is 174 Å². The lowest BCUT2D eigenvalue weighted by atomic mass is 10.1. The monoisotopic (exact) mass is 398 g/mol. The number of hydrogen-bond donors (Lipinski definition) is 0. The molecule has 0 spiro atoms. The van der Waals surface area contributed by atoms with E-state index >= 15 is 0 Å². The SMILES string of the molecule is Cc1ccccc1-c1nc(CC(=O)N2CC(C)N(CCN(C)C)C(C)C2)c(C)o1. The molecule has 0 bridgehead atoms. The molecule has 1 amide bonds. The number of likely N-dealkylation sites (N-methyl/N-ethyl adjacent to an activating group) is 1.